The van der Waals surface area contributed by atoms with Gasteiger partial charge in [0.15, 0.2) is 0 Å². The van der Waals surface area contributed by atoms with Crippen molar-refractivity contribution in [1.29, 1.82) is 0 Å². The van der Waals surface area contributed by atoms with E-state index in [0.717, 1.165) is 17.1 Å². The fourth-order valence-corrected chi connectivity index (χ4v) is 2.16. The van der Waals surface area contributed by atoms with Crippen molar-refractivity contribution in [1.82, 2.24) is 0 Å². The minimum Gasteiger partial charge on any atom is -0.457 e. The van der Waals surface area contributed by atoms with E-state index in [1.807, 2.05) is 24.3 Å². The van der Waals surface area contributed by atoms with Crippen molar-refractivity contribution in [2.45, 2.75) is 26.7 Å². The highest BCUT2D eigenvalue weighted by atomic mass is 32.1. The predicted octanol–water partition coefficient (Wildman–Crippen LogP) is 4.54. The van der Waals surface area contributed by atoms with Gasteiger partial charge in [0.25, 0.3) is 0 Å². The molecule has 2 rings (SSSR count). The SMILES string of the molecule is Cc1ccc(C(C)C)c(Oc2ccc(C(N)=S)cc2)c1. The van der Waals surface area contributed by atoms with E-state index in [2.05, 4.69) is 39.0 Å². The molecule has 0 bridgehead atoms. The van der Waals surface area contributed by atoms with Gasteiger partial charge in [-0.2, -0.15) is 0 Å². The molecule has 3 heteroatoms. The molecule has 2 N–H and O–H groups in total. The number of hydrogen-bond donors (Lipinski definition) is 1. The van der Waals surface area contributed by atoms with Gasteiger partial charge >= 0.3 is 0 Å². The summed E-state index contributed by atoms with van der Waals surface area (Å²) in [6.45, 7) is 6.38. The fourth-order valence-electron chi connectivity index (χ4n) is 2.02. The summed E-state index contributed by atoms with van der Waals surface area (Å²) in [6.07, 6.45) is 0. The van der Waals surface area contributed by atoms with Crippen molar-refractivity contribution < 1.29 is 4.74 Å². The van der Waals surface area contributed by atoms with Crippen LogP contribution in [0.1, 0.15) is 36.5 Å². The summed E-state index contributed by atoms with van der Waals surface area (Å²) >= 11 is 4.94. The highest BCUT2D eigenvalue weighted by Gasteiger charge is 2.09. The number of hydrogen-bond acceptors (Lipinski definition) is 2. The summed E-state index contributed by atoms with van der Waals surface area (Å²) in [7, 11) is 0. The van der Waals surface area contributed by atoms with Gasteiger partial charge in [-0.15, -0.1) is 0 Å². The summed E-state index contributed by atoms with van der Waals surface area (Å²) in [4.78, 5) is 0.398. The average molecular weight is 285 g/mol. The summed E-state index contributed by atoms with van der Waals surface area (Å²) in [6, 6.07) is 13.8. The maximum atomic E-state index is 6.00. The van der Waals surface area contributed by atoms with Crippen LogP contribution in [0.5, 0.6) is 11.5 Å². The molecule has 0 spiro atoms. The van der Waals surface area contributed by atoms with Gasteiger partial charge in [-0.1, -0.05) is 38.2 Å². The second-order valence-electron chi connectivity index (χ2n) is 5.19. The van der Waals surface area contributed by atoms with Crippen molar-refractivity contribution in [2.75, 3.05) is 0 Å². The Morgan fingerprint density at radius 3 is 2.30 bits per heavy atom. The van der Waals surface area contributed by atoms with Gasteiger partial charge in [0.1, 0.15) is 16.5 Å². The number of aryl methyl sites for hydroxylation is 1. The van der Waals surface area contributed by atoms with Crippen LogP contribution in [-0.4, -0.2) is 4.99 Å². The van der Waals surface area contributed by atoms with E-state index in [9.17, 15) is 0 Å². The largest absolute Gasteiger partial charge is 0.457 e. The second kappa shape index (κ2) is 6.06. The Labute approximate surface area is 125 Å². The highest BCUT2D eigenvalue weighted by molar-refractivity contribution is 7.80. The lowest BCUT2D eigenvalue weighted by Gasteiger charge is -2.14. The van der Waals surface area contributed by atoms with Crippen LogP contribution in [0.2, 0.25) is 0 Å². The minimum absolute atomic E-state index is 0.398. The van der Waals surface area contributed by atoms with Crippen LogP contribution in [0.4, 0.5) is 0 Å². The Morgan fingerprint density at radius 1 is 1.10 bits per heavy atom. The van der Waals surface area contributed by atoms with Crippen molar-refractivity contribution in [3.8, 4) is 11.5 Å². The highest BCUT2D eigenvalue weighted by Crippen LogP contribution is 2.31. The monoisotopic (exact) mass is 285 g/mol. The molecule has 0 aliphatic heterocycles. The van der Waals surface area contributed by atoms with Crippen molar-refractivity contribution in [3.05, 3.63) is 59.2 Å². The van der Waals surface area contributed by atoms with Crippen LogP contribution < -0.4 is 10.5 Å². The molecular formula is C17H19NOS. The molecule has 0 amide bonds. The van der Waals surface area contributed by atoms with Crippen LogP contribution in [-0.2, 0) is 0 Å². The van der Waals surface area contributed by atoms with E-state index in [-0.39, 0.29) is 0 Å². The predicted molar refractivity (Wildman–Crippen MR) is 87.7 cm³/mol. The Morgan fingerprint density at radius 2 is 1.75 bits per heavy atom. The molecule has 0 unspecified atom stereocenters. The van der Waals surface area contributed by atoms with E-state index < -0.39 is 0 Å². The van der Waals surface area contributed by atoms with Crippen LogP contribution in [0.25, 0.3) is 0 Å². The molecule has 0 heterocycles. The van der Waals surface area contributed by atoms with Gasteiger partial charge in [0.05, 0.1) is 0 Å². The molecule has 0 saturated heterocycles. The summed E-state index contributed by atoms with van der Waals surface area (Å²) in [5.74, 6) is 2.11. The number of nitrogens with two attached hydrogens (primary N) is 1. The molecule has 0 aliphatic rings. The van der Waals surface area contributed by atoms with Crippen molar-refractivity contribution in [2.24, 2.45) is 5.73 Å². The summed E-state index contributed by atoms with van der Waals surface area (Å²) in [5, 5.41) is 0. The van der Waals surface area contributed by atoms with Crippen LogP contribution in [0.3, 0.4) is 0 Å². The first kappa shape index (κ1) is 14.5. The Balaban J connectivity index is 2.29. The molecule has 0 aromatic heterocycles. The summed E-state index contributed by atoms with van der Waals surface area (Å²) < 4.78 is 6.00. The molecule has 0 saturated carbocycles. The van der Waals surface area contributed by atoms with Gasteiger partial charge in [0.2, 0.25) is 0 Å². The van der Waals surface area contributed by atoms with Gasteiger partial charge in [0, 0.05) is 5.56 Å². The lowest BCUT2D eigenvalue weighted by Crippen LogP contribution is -2.08. The Hall–Kier alpha value is -1.87. The zero-order valence-corrected chi connectivity index (χ0v) is 12.8. The molecule has 0 fully saturated rings. The van der Waals surface area contributed by atoms with E-state index in [4.69, 9.17) is 22.7 Å². The minimum atomic E-state index is 0.398. The van der Waals surface area contributed by atoms with E-state index in [0.29, 0.717) is 10.9 Å². The normalized spacial score (nSPS) is 10.6. The molecule has 2 nitrogen and oxygen atoms in total. The Kier molecular flexibility index (Phi) is 4.40. The van der Waals surface area contributed by atoms with Gasteiger partial charge < -0.3 is 10.5 Å². The van der Waals surface area contributed by atoms with Gasteiger partial charge in [-0.3, -0.25) is 0 Å². The van der Waals surface area contributed by atoms with E-state index >= 15 is 0 Å². The molecule has 2 aromatic carbocycles. The van der Waals surface area contributed by atoms with E-state index in [1.165, 1.54) is 11.1 Å². The lowest BCUT2D eigenvalue weighted by atomic mass is 10.0. The fraction of sp³-hybridized carbons (Fsp3) is 0.235. The number of ether oxygens (including phenoxy) is 1. The molecule has 0 radical (unpaired) electrons. The standard InChI is InChI=1S/C17H19NOS/c1-11(2)15-9-4-12(3)10-16(15)19-14-7-5-13(6-8-14)17(18)20/h4-11H,1-3H3,(H2,18,20). The second-order valence-corrected chi connectivity index (χ2v) is 5.63. The topological polar surface area (TPSA) is 35.2 Å². The number of rotatable bonds is 4. The third-order valence-corrected chi connectivity index (χ3v) is 3.39. The molecule has 0 aliphatic carbocycles. The molecule has 104 valence electrons. The maximum absolute atomic E-state index is 6.00. The zero-order chi connectivity index (χ0) is 14.7. The lowest BCUT2D eigenvalue weighted by molar-refractivity contribution is 0.472. The van der Waals surface area contributed by atoms with Crippen LogP contribution >= 0.6 is 12.2 Å². The molecular weight excluding hydrogens is 266 g/mol. The van der Waals surface area contributed by atoms with Gasteiger partial charge in [-0.25, -0.2) is 0 Å². The first-order valence-electron chi connectivity index (χ1n) is 6.65. The van der Waals surface area contributed by atoms with E-state index in [1.54, 1.807) is 0 Å². The maximum Gasteiger partial charge on any atom is 0.131 e. The first-order chi connectivity index (χ1) is 9.47. The van der Waals surface area contributed by atoms with Crippen LogP contribution in [0, 0.1) is 6.92 Å². The Bertz CT molecular complexity index is 617. The number of thiocarbonyl (C=S) groups is 1. The first-order valence-corrected chi connectivity index (χ1v) is 7.06. The number of benzene rings is 2. The zero-order valence-electron chi connectivity index (χ0n) is 12.0. The molecule has 2 aromatic rings. The smallest absolute Gasteiger partial charge is 0.131 e. The van der Waals surface area contributed by atoms with Crippen LogP contribution in [0.15, 0.2) is 42.5 Å². The molecule has 20 heavy (non-hydrogen) atoms. The van der Waals surface area contributed by atoms with Gasteiger partial charge in [-0.05, 0) is 54.3 Å². The quantitative estimate of drug-likeness (QED) is 0.837. The van der Waals surface area contributed by atoms with Crippen molar-refractivity contribution >= 4 is 17.2 Å². The molecule has 0 atom stereocenters. The third-order valence-electron chi connectivity index (χ3n) is 3.16. The average Bonchev–Trinajstić information content (AvgIpc) is 2.39. The third kappa shape index (κ3) is 3.36. The van der Waals surface area contributed by atoms with Crippen molar-refractivity contribution in [3.63, 3.8) is 0 Å². The summed E-state index contributed by atoms with van der Waals surface area (Å²) in [5.41, 5.74) is 8.83.